The lowest BCUT2D eigenvalue weighted by molar-refractivity contribution is -0.431. The lowest BCUT2D eigenvalue weighted by Crippen LogP contribution is -2.36. The van der Waals surface area contributed by atoms with E-state index in [4.69, 9.17) is 5.21 Å². The van der Waals surface area contributed by atoms with Gasteiger partial charge in [-0.1, -0.05) is 53.7 Å². The van der Waals surface area contributed by atoms with Crippen molar-refractivity contribution in [3.63, 3.8) is 0 Å². The smallest absolute Gasteiger partial charge is 0.214 e. The summed E-state index contributed by atoms with van der Waals surface area (Å²) in [5, 5.41) is 12.5. The lowest BCUT2D eigenvalue weighted by atomic mass is 9.75. The fraction of sp³-hybridized carbons (Fsp3) is 0.263. The van der Waals surface area contributed by atoms with Crippen molar-refractivity contribution >= 4 is 17.6 Å². The molecule has 0 aromatic heterocycles. The van der Waals surface area contributed by atoms with E-state index in [1.807, 2.05) is 6.07 Å². The van der Waals surface area contributed by atoms with E-state index in [0.29, 0.717) is 0 Å². The number of fused-ring (bicyclic) bond motifs is 1. The Labute approximate surface area is 131 Å². The third-order valence-corrected chi connectivity index (χ3v) is 4.54. The predicted octanol–water partition coefficient (Wildman–Crippen LogP) is 3.77. The number of para-hydroxylation sites is 1. The van der Waals surface area contributed by atoms with Gasteiger partial charge in [0.25, 0.3) is 0 Å². The minimum Gasteiger partial charge on any atom is -0.411 e. The van der Waals surface area contributed by atoms with Gasteiger partial charge < -0.3 is 5.21 Å². The summed E-state index contributed by atoms with van der Waals surface area (Å²) in [6.45, 7) is 5.20. The van der Waals surface area contributed by atoms with Gasteiger partial charge >= 0.3 is 0 Å². The zero-order valence-corrected chi connectivity index (χ0v) is 13.0. The minimum absolute atomic E-state index is 0.194. The molecule has 1 aliphatic heterocycles. The Morgan fingerprint density at radius 2 is 1.77 bits per heavy atom. The molecule has 1 heterocycles. The molecule has 0 aliphatic carbocycles. The van der Waals surface area contributed by atoms with Crippen LogP contribution in [0.3, 0.4) is 0 Å². The van der Waals surface area contributed by atoms with Crippen molar-refractivity contribution in [1.29, 1.82) is 0 Å². The highest BCUT2D eigenvalue weighted by Crippen LogP contribution is 2.41. The number of rotatable bonds is 4. The second kappa shape index (κ2) is 5.76. The van der Waals surface area contributed by atoms with E-state index in [2.05, 4.69) is 72.1 Å². The summed E-state index contributed by atoms with van der Waals surface area (Å²) in [5.74, 6) is 0. The van der Waals surface area contributed by atoms with Gasteiger partial charge in [-0.15, -0.1) is 0 Å². The number of hydrogen-bond donors (Lipinski definition) is 1. The Morgan fingerprint density at radius 1 is 1.09 bits per heavy atom. The topological polar surface area (TPSA) is 35.6 Å². The summed E-state index contributed by atoms with van der Waals surface area (Å²) >= 11 is 0. The van der Waals surface area contributed by atoms with Crippen molar-refractivity contribution < 1.29 is 9.78 Å². The van der Waals surface area contributed by atoms with Crippen LogP contribution in [0, 0.1) is 0 Å². The summed E-state index contributed by atoms with van der Waals surface area (Å²) in [6.07, 6.45) is 2.47. The van der Waals surface area contributed by atoms with Crippen molar-refractivity contribution in [3.8, 4) is 0 Å². The number of nitrogens with zero attached hydrogens (tertiary/aromatic N) is 2. The van der Waals surface area contributed by atoms with Gasteiger partial charge in [-0.2, -0.15) is 4.58 Å². The molecule has 0 bridgehead atoms. The molecule has 0 radical (unpaired) electrons. The van der Waals surface area contributed by atoms with Gasteiger partial charge in [0.2, 0.25) is 11.4 Å². The number of hydrogen-bond acceptors (Lipinski definition) is 2. The Balaban J connectivity index is 2.16. The van der Waals surface area contributed by atoms with E-state index in [-0.39, 0.29) is 5.41 Å². The summed E-state index contributed by atoms with van der Waals surface area (Å²) in [4.78, 5) is 0. The first-order chi connectivity index (χ1) is 10.7. The highest BCUT2D eigenvalue weighted by atomic mass is 16.4. The molecule has 0 saturated heterocycles. The van der Waals surface area contributed by atoms with Crippen LogP contribution in [0.15, 0.2) is 59.8 Å². The maximum Gasteiger partial charge on any atom is 0.214 e. The first kappa shape index (κ1) is 14.5. The zero-order chi connectivity index (χ0) is 15.6. The standard InChI is InChI=1S/C19H20N2O/c1-3-21-17-12-8-7-11-16(17)19(2,18(21)14-20-22)13-15-9-5-4-6-10-15/h4-12,14H,3,13H2,1-2H3/p+1. The summed E-state index contributed by atoms with van der Waals surface area (Å²) in [5.41, 5.74) is 4.62. The quantitative estimate of drug-likeness (QED) is 0.396. The second-order valence-electron chi connectivity index (χ2n) is 5.89. The molecule has 22 heavy (non-hydrogen) atoms. The zero-order valence-electron chi connectivity index (χ0n) is 13.0. The summed E-state index contributed by atoms with van der Waals surface area (Å²) < 4.78 is 2.23. The first-order valence-corrected chi connectivity index (χ1v) is 7.66. The highest BCUT2D eigenvalue weighted by Gasteiger charge is 2.47. The maximum absolute atomic E-state index is 9.14. The molecule has 0 spiro atoms. The first-order valence-electron chi connectivity index (χ1n) is 7.66. The van der Waals surface area contributed by atoms with Crippen molar-refractivity contribution in [2.75, 3.05) is 6.54 Å². The SMILES string of the molecule is CC[N+]1=C(C=NO)C(C)(Cc2ccccc2)c2ccccc21. The fourth-order valence-electron chi connectivity index (χ4n) is 3.54. The molecule has 0 saturated carbocycles. The highest BCUT2D eigenvalue weighted by molar-refractivity contribution is 6.33. The van der Waals surface area contributed by atoms with Crippen LogP contribution in [0.25, 0.3) is 0 Å². The van der Waals surface area contributed by atoms with Crippen LogP contribution in [0.4, 0.5) is 5.69 Å². The average Bonchev–Trinajstić information content (AvgIpc) is 2.78. The van der Waals surface area contributed by atoms with Gasteiger partial charge in [0, 0.05) is 11.6 Å². The van der Waals surface area contributed by atoms with Gasteiger partial charge in [0.15, 0.2) is 0 Å². The number of benzene rings is 2. The van der Waals surface area contributed by atoms with E-state index in [0.717, 1.165) is 18.7 Å². The molecule has 3 rings (SSSR count). The van der Waals surface area contributed by atoms with E-state index < -0.39 is 0 Å². The third kappa shape index (κ3) is 2.23. The molecular weight excluding hydrogens is 272 g/mol. The molecule has 1 N–H and O–H groups in total. The molecule has 3 nitrogen and oxygen atoms in total. The second-order valence-corrected chi connectivity index (χ2v) is 5.89. The van der Waals surface area contributed by atoms with Crippen LogP contribution < -0.4 is 0 Å². The largest absolute Gasteiger partial charge is 0.411 e. The van der Waals surface area contributed by atoms with Crippen LogP contribution in [0.2, 0.25) is 0 Å². The molecule has 1 atom stereocenters. The van der Waals surface area contributed by atoms with Gasteiger partial charge in [0.05, 0.1) is 5.41 Å². The molecule has 1 unspecified atom stereocenters. The van der Waals surface area contributed by atoms with Crippen molar-refractivity contribution in [1.82, 2.24) is 0 Å². The molecule has 0 amide bonds. The van der Waals surface area contributed by atoms with E-state index in [1.54, 1.807) is 6.21 Å². The Bertz CT molecular complexity index is 734. The van der Waals surface area contributed by atoms with Crippen molar-refractivity contribution in [2.45, 2.75) is 25.7 Å². The van der Waals surface area contributed by atoms with Crippen LogP contribution in [-0.4, -0.2) is 28.3 Å². The molecule has 0 fully saturated rings. The van der Waals surface area contributed by atoms with Crippen LogP contribution >= 0.6 is 0 Å². The monoisotopic (exact) mass is 293 g/mol. The fourth-order valence-corrected chi connectivity index (χ4v) is 3.54. The summed E-state index contributed by atoms with van der Waals surface area (Å²) in [7, 11) is 0. The normalized spacial score (nSPS) is 20.6. The van der Waals surface area contributed by atoms with E-state index in [9.17, 15) is 0 Å². The van der Waals surface area contributed by atoms with Crippen LogP contribution in [-0.2, 0) is 11.8 Å². The van der Waals surface area contributed by atoms with Crippen molar-refractivity contribution in [2.24, 2.45) is 5.16 Å². The van der Waals surface area contributed by atoms with Gasteiger partial charge in [-0.3, -0.25) is 0 Å². The van der Waals surface area contributed by atoms with Crippen molar-refractivity contribution in [3.05, 3.63) is 65.7 Å². The Morgan fingerprint density at radius 3 is 2.45 bits per heavy atom. The van der Waals surface area contributed by atoms with Crippen LogP contribution in [0.5, 0.6) is 0 Å². The van der Waals surface area contributed by atoms with Gasteiger partial charge in [-0.05, 0) is 25.8 Å². The average molecular weight is 293 g/mol. The predicted molar refractivity (Wildman–Crippen MR) is 89.7 cm³/mol. The Hall–Kier alpha value is -2.42. The van der Waals surface area contributed by atoms with Crippen LogP contribution in [0.1, 0.15) is 25.0 Å². The number of oxime groups is 1. The molecule has 1 aliphatic rings. The molecule has 2 aromatic carbocycles. The maximum atomic E-state index is 9.14. The lowest BCUT2D eigenvalue weighted by Gasteiger charge is -2.22. The molecule has 3 heteroatoms. The molecule has 2 aromatic rings. The Kier molecular flexibility index (Phi) is 3.80. The molecular formula is C19H21N2O+. The molecule has 112 valence electrons. The minimum atomic E-state index is -0.194. The summed E-state index contributed by atoms with van der Waals surface area (Å²) in [6, 6.07) is 18.9. The van der Waals surface area contributed by atoms with E-state index in [1.165, 1.54) is 16.8 Å². The van der Waals surface area contributed by atoms with Gasteiger partial charge in [-0.25, -0.2) is 0 Å². The third-order valence-electron chi connectivity index (χ3n) is 4.54. The van der Waals surface area contributed by atoms with Gasteiger partial charge in [0.1, 0.15) is 12.8 Å². The van der Waals surface area contributed by atoms with E-state index >= 15 is 0 Å².